The van der Waals surface area contributed by atoms with Gasteiger partial charge in [-0.25, -0.2) is 9.59 Å². The smallest absolute Gasteiger partial charge is 0.339 e. The summed E-state index contributed by atoms with van der Waals surface area (Å²) in [7, 11) is 0. The minimum absolute atomic E-state index is 0.160. The van der Waals surface area contributed by atoms with Gasteiger partial charge in [-0.2, -0.15) is 0 Å². The maximum absolute atomic E-state index is 11.9. The molecule has 9 heteroatoms. The summed E-state index contributed by atoms with van der Waals surface area (Å²) in [5.74, 6) is -1.84. The lowest BCUT2D eigenvalue weighted by molar-refractivity contribution is -0.148. The zero-order chi connectivity index (χ0) is 19.7. The summed E-state index contributed by atoms with van der Waals surface area (Å²) in [6, 6.07) is 0.995. The van der Waals surface area contributed by atoms with Gasteiger partial charge in [-0.15, -0.1) is 0 Å². The van der Waals surface area contributed by atoms with Crippen molar-refractivity contribution in [1.82, 2.24) is 15.2 Å². The first-order valence-electron chi connectivity index (χ1n) is 8.37. The Morgan fingerprint density at radius 1 is 1.12 bits per heavy atom. The van der Waals surface area contributed by atoms with Gasteiger partial charge in [-0.3, -0.25) is 14.9 Å². The SMILES string of the molecule is CCCNC(=O)NC(=O)COC(=O)Cn1c(C)cc(C(=O)OCC)c1C. The molecule has 144 valence electrons. The number of esters is 2. The van der Waals surface area contributed by atoms with E-state index >= 15 is 0 Å². The highest BCUT2D eigenvalue weighted by molar-refractivity contribution is 5.95. The van der Waals surface area contributed by atoms with Crippen LogP contribution >= 0.6 is 0 Å². The number of hydrogen-bond acceptors (Lipinski definition) is 6. The lowest BCUT2D eigenvalue weighted by Gasteiger charge is -2.10. The number of aromatic nitrogens is 1. The van der Waals surface area contributed by atoms with Crippen LogP contribution in [0.5, 0.6) is 0 Å². The molecule has 0 aromatic carbocycles. The third kappa shape index (κ3) is 6.23. The largest absolute Gasteiger partial charge is 0.462 e. The topological polar surface area (TPSA) is 116 Å². The number of imide groups is 1. The molecule has 0 saturated carbocycles. The molecule has 2 N–H and O–H groups in total. The number of carbonyl (C=O) groups excluding carboxylic acids is 4. The molecule has 26 heavy (non-hydrogen) atoms. The molecule has 3 amide bonds. The van der Waals surface area contributed by atoms with E-state index in [1.54, 1.807) is 31.4 Å². The number of nitrogens with zero attached hydrogens (tertiary/aromatic N) is 1. The number of carbonyl (C=O) groups is 4. The maximum Gasteiger partial charge on any atom is 0.339 e. The van der Waals surface area contributed by atoms with Gasteiger partial charge in [-0.1, -0.05) is 6.92 Å². The molecule has 0 spiro atoms. The van der Waals surface area contributed by atoms with Gasteiger partial charge in [0.05, 0.1) is 12.2 Å². The third-order valence-electron chi connectivity index (χ3n) is 3.51. The van der Waals surface area contributed by atoms with Crippen LogP contribution in [0.3, 0.4) is 0 Å². The Morgan fingerprint density at radius 2 is 1.81 bits per heavy atom. The molecular weight excluding hydrogens is 342 g/mol. The second kappa shape index (κ2) is 10.2. The van der Waals surface area contributed by atoms with E-state index in [0.29, 0.717) is 23.5 Å². The van der Waals surface area contributed by atoms with E-state index in [0.717, 1.165) is 6.42 Å². The summed E-state index contributed by atoms with van der Waals surface area (Å²) >= 11 is 0. The predicted octanol–water partition coefficient (Wildman–Crippen LogP) is 1.06. The standard InChI is InChI=1S/C17H25N3O6/c1-5-7-18-17(24)19-14(21)10-26-15(22)9-20-11(3)8-13(12(20)4)16(23)25-6-2/h8H,5-7,9-10H2,1-4H3,(H2,18,19,21,24). The average molecular weight is 367 g/mol. The van der Waals surface area contributed by atoms with E-state index in [1.165, 1.54) is 0 Å². The fraction of sp³-hybridized carbons (Fsp3) is 0.529. The Kier molecular flexibility index (Phi) is 8.33. The van der Waals surface area contributed by atoms with Gasteiger partial charge in [0.1, 0.15) is 6.54 Å². The van der Waals surface area contributed by atoms with Crippen LogP contribution in [-0.2, 0) is 25.6 Å². The minimum atomic E-state index is -0.722. The first-order chi connectivity index (χ1) is 12.3. The van der Waals surface area contributed by atoms with Crippen LogP contribution < -0.4 is 10.6 Å². The number of urea groups is 1. The van der Waals surface area contributed by atoms with Crippen LogP contribution in [0.15, 0.2) is 6.07 Å². The van der Waals surface area contributed by atoms with Crippen LogP contribution in [-0.4, -0.2) is 48.2 Å². The van der Waals surface area contributed by atoms with Gasteiger partial charge in [0.15, 0.2) is 6.61 Å². The monoisotopic (exact) mass is 367 g/mol. The molecule has 1 aromatic heterocycles. The van der Waals surface area contributed by atoms with Crippen molar-refractivity contribution in [2.24, 2.45) is 0 Å². The number of ether oxygens (including phenoxy) is 2. The predicted molar refractivity (Wildman–Crippen MR) is 92.7 cm³/mol. The molecule has 1 heterocycles. The Hall–Kier alpha value is -2.84. The Morgan fingerprint density at radius 3 is 2.42 bits per heavy atom. The number of hydrogen-bond donors (Lipinski definition) is 2. The molecule has 0 aliphatic heterocycles. The first kappa shape index (κ1) is 21.2. The lowest BCUT2D eigenvalue weighted by Crippen LogP contribution is -2.41. The maximum atomic E-state index is 11.9. The normalized spacial score (nSPS) is 10.2. The van der Waals surface area contributed by atoms with Gasteiger partial charge < -0.3 is 19.4 Å². The van der Waals surface area contributed by atoms with Gasteiger partial charge >= 0.3 is 18.0 Å². The summed E-state index contributed by atoms with van der Waals surface area (Å²) in [6.07, 6.45) is 0.736. The molecule has 1 rings (SSSR count). The van der Waals surface area contributed by atoms with Crippen molar-refractivity contribution in [2.75, 3.05) is 19.8 Å². The highest BCUT2D eigenvalue weighted by atomic mass is 16.5. The zero-order valence-corrected chi connectivity index (χ0v) is 15.5. The molecule has 0 radical (unpaired) electrons. The second-order valence-electron chi connectivity index (χ2n) is 5.56. The fourth-order valence-electron chi connectivity index (χ4n) is 2.23. The average Bonchev–Trinajstić information content (AvgIpc) is 2.86. The van der Waals surface area contributed by atoms with Gasteiger partial charge in [0.25, 0.3) is 5.91 Å². The Balaban J connectivity index is 2.57. The van der Waals surface area contributed by atoms with Crippen molar-refractivity contribution in [3.63, 3.8) is 0 Å². The van der Waals surface area contributed by atoms with Crippen LogP contribution in [0, 0.1) is 13.8 Å². The molecule has 0 bridgehead atoms. The van der Waals surface area contributed by atoms with E-state index in [4.69, 9.17) is 9.47 Å². The Bertz CT molecular complexity index is 680. The van der Waals surface area contributed by atoms with Crippen LogP contribution in [0.1, 0.15) is 42.0 Å². The Labute approximate surface area is 152 Å². The highest BCUT2D eigenvalue weighted by Gasteiger charge is 2.19. The number of nitrogens with one attached hydrogen (secondary N) is 2. The molecule has 0 fully saturated rings. The van der Waals surface area contributed by atoms with E-state index in [1.807, 2.05) is 6.92 Å². The van der Waals surface area contributed by atoms with Crippen molar-refractivity contribution >= 4 is 23.9 Å². The summed E-state index contributed by atoms with van der Waals surface area (Å²) < 4.78 is 11.4. The molecule has 0 atom stereocenters. The molecule has 0 aliphatic carbocycles. The van der Waals surface area contributed by atoms with Gasteiger partial charge in [-0.05, 0) is 33.3 Å². The van der Waals surface area contributed by atoms with E-state index in [9.17, 15) is 19.2 Å². The molecule has 0 unspecified atom stereocenters. The van der Waals surface area contributed by atoms with Crippen molar-refractivity contribution in [2.45, 2.75) is 40.7 Å². The van der Waals surface area contributed by atoms with E-state index in [2.05, 4.69) is 10.6 Å². The van der Waals surface area contributed by atoms with Crippen molar-refractivity contribution in [3.8, 4) is 0 Å². The summed E-state index contributed by atoms with van der Waals surface area (Å²) in [5, 5.41) is 4.53. The lowest BCUT2D eigenvalue weighted by atomic mass is 10.2. The summed E-state index contributed by atoms with van der Waals surface area (Å²) in [6.45, 7) is 6.99. The van der Waals surface area contributed by atoms with Gasteiger partial charge in [0, 0.05) is 17.9 Å². The van der Waals surface area contributed by atoms with E-state index in [-0.39, 0.29) is 13.2 Å². The number of rotatable bonds is 8. The van der Waals surface area contributed by atoms with E-state index < -0.39 is 30.5 Å². The van der Waals surface area contributed by atoms with Gasteiger partial charge in [0.2, 0.25) is 0 Å². The summed E-state index contributed by atoms with van der Waals surface area (Å²) in [4.78, 5) is 46.7. The molecule has 0 saturated heterocycles. The second-order valence-corrected chi connectivity index (χ2v) is 5.56. The highest BCUT2D eigenvalue weighted by Crippen LogP contribution is 2.16. The van der Waals surface area contributed by atoms with Crippen LogP contribution in [0.2, 0.25) is 0 Å². The molecule has 9 nitrogen and oxygen atoms in total. The van der Waals surface area contributed by atoms with Crippen molar-refractivity contribution in [1.29, 1.82) is 0 Å². The van der Waals surface area contributed by atoms with Crippen molar-refractivity contribution in [3.05, 3.63) is 23.0 Å². The summed E-state index contributed by atoms with van der Waals surface area (Å²) in [5.41, 5.74) is 1.63. The van der Waals surface area contributed by atoms with Crippen molar-refractivity contribution < 1.29 is 28.7 Å². The first-order valence-corrected chi connectivity index (χ1v) is 8.37. The zero-order valence-electron chi connectivity index (χ0n) is 15.5. The third-order valence-corrected chi connectivity index (χ3v) is 3.51. The quantitative estimate of drug-likeness (QED) is 0.664. The van der Waals surface area contributed by atoms with Crippen LogP contribution in [0.25, 0.3) is 0 Å². The van der Waals surface area contributed by atoms with Crippen LogP contribution in [0.4, 0.5) is 4.79 Å². The minimum Gasteiger partial charge on any atom is -0.462 e. The molecule has 0 aliphatic rings. The fourth-order valence-corrected chi connectivity index (χ4v) is 2.23. The molecular formula is C17H25N3O6. The number of amides is 3. The molecule has 1 aromatic rings. The number of aryl methyl sites for hydroxylation is 1.